The van der Waals surface area contributed by atoms with Gasteiger partial charge in [-0.1, -0.05) is 11.6 Å². The lowest BCUT2D eigenvalue weighted by molar-refractivity contribution is -0.177. The number of halogens is 4. The molecular weight excluding hydrogens is 489 g/mol. The lowest BCUT2D eigenvalue weighted by atomic mass is 9.86. The van der Waals surface area contributed by atoms with Crippen molar-refractivity contribution in [2.45, 2.75) is 58.4 Å². The third-order valence-electron chi connectivity index (χ3n) is 6.72. The van der Waals surface area contributed by atoms with Gasteiger partial charge in [-0.3, -0.25) is 9.59 Å². The summed E-state index contributed by atoms with van der Waals surface area (Å²) in [4.78, 5) is 33.1. The summed E-state index contributed by atoms with van der Waals surface area (Å²) in [5.41, 5.74) is 2.33. The largest absolute Gasteiger partial charge is 0.392 e. The molecule has 1 aliphatic heterocycles. The van der Waals surface area contributed by atoms with Crippen LogP contribution in [0.2, 0.25) is 4.34 Å². The van der Waals surface area contributed by atoms with Crippen molar-refractivity contribution in [1.29, 1.82) is 0 Å². The Bertz CT molecular complexity index is 1340. The van der Waals surface area contributed by atoms with Crippen LogP contribution in [0.1, 0.15) is 45.5 Å². The molecule has 3 aromatic heterocycles. The summed E-state index contributed by atoms with van der Waals surface area (Å²) < 4.78 is 43.7. The monoisotopic (exact) mass is 510 g/mol. The van der Waals surface area contributed by atoms with E-state index < -0.39 is 12.1 Å². The molecule has 0 radical (unpaired) electrons. The van der Waals surface area contributed by atoms with Gasteiger partial charge in [-0.25, -0.2) is 4.98 Å². The SMILES string of the molecule is Cc1cn(-c2ccc3n(c2=O)C[C@@H](C)N(Cc2c(Cl)sc4c2CC(C(F)(F)F)CC4)C3=O)cn1. The maximum absolute atomic E-state index is 13.4. The summed E-state index contributed by atoms with van der Waals surface area (Å²) >= 11 is 7.77. The van der Waals surface area contributed by atoms with Gasteiger partial charge in [0.05, 0.1) is 22.3 Å². The van der Waals surface area contributed by atoms with Gasteiger partial charge in [-0.2, -0.15) is 13.2 Å². The van der Waals surface area contributed by atoms with Crippen LogP contribution in [0.15, 0.2) is 29.5 Å². The number of rotatable bonds is 3. The molecule has 1 unspecified atom stereocenters. The van der Waals surface area contributed by atoms with E-state index in [1.807, 2.05) is 13.8 Å². The second-order valence-electron chi connectivity index (χ2n) is 8.96. The van der Waals surface area contributed by atoms with Crippen LogP contribution in [0.4, 0.5) is 13.2 Å². The molecule has 34 heavy (non-hydrogen) atoms. The fraction of sp³-hybridized carbons (Fsp3) is 0.435. The highest BCUT2D eigenvalue weighted by molar-refractivity contribution is 7.16. The van der Waals surface area contributed by atoms with Gasteiger partial charge in [0.1, 0.15) is 11.4 Å². The summed E-state index contributed by atoms with van der Waals surface area (Å²) in [6.07, 6.45) is -0.695. The second kappa shape index (κ2) is 8.27. The molecule has 1 aliphatic carbocycles. The molecular formula is C23H22ClF3N4O2S. The van der Waals surface area contributed by atoms with Crippen LogP contribution in [0, 0.1) is 12.8 Å². The summed E-state index contributed by atoms with van der Waals surface area (Å²) in [5, 5.41) is 0. The Morgan fingerprint density at radius 3 is 2.71 bits per heavy atom. The highest BCUT2D eigenvalue weighted by Gasteiger charge is 2.43. The fourth-order valence-electron chi connectivity index (χ4n) is 4.84. The molecule has 2 aliphatic rings. The van der Waals surface area contributed by atoms with Crippen LogP contribution in [0.5, 0.6) is 0 Å². The predicted molar refractivity (Wildman–Crippen MR) is 123 cm³/mol. The number of amides is 1. The zero-order valence-electron chi connectivity index (χ0n) is 18.5. The summed E-state index contributed by atoms with van der Waals surface area (Å²) in [5.74, 6) is -1.74. The molecule has 0 fully saturated rings. The van der Waals surface area contributed by atoms with Crippen LogP contribution in [0.25, 0.3) is 5.69 Å². The average Bonchev–Trinajstić information content (AvgIpc) is 3.33. The van der Waals surface area contributed by atoms with Crippen molar-refractivity contribution in [3.8, 4) is 5.69 Å². The zero-order valence-corrected chi connectivity index (χ0v) is 20.1. The molecule has 5 rings (SSSR count). The second-order valence-corrected chi connectivity index (χ2v) is 10.7. The van der Waals surface area contributed by atoms with Gasteiger partial charge in [-0.15, -0.1) is 11.3 Å². The van der Waals surface area contributed by atoms with Crippen molar-refractivity contribution < 1.29 is 18.0 Å². The van der Waals surface area contributed by atoms with E-state index >= 15 is 0 Å². The number of hydrogen-bond donors (Lipinski definition) is 0. The van der Waals surface area contributed by atoms with E-state index in [9.17, 15) is 22.8 Å². The number of hydrogen-bond acceptors (Lipinski definition) is 4. The maximum atomic E-state index is 13.4. The van der Waals surface area contributed by atoms with E-state index in [1.165, 1.54) is 15.9 Å². The Morgan fingerprint density at radius 2 is 2.03 bits per heavy atom. The van der Waals surface area contributed by atoms with Gasteiger partial charge < -0.3 is 14.0 Å². The minimum Gasteiger partial charge on any atom is -0.328 e. The van der Waals surface area contributed by atoms with Crippen molar-refractivity contribution in [3.05, 3.63) is 66.7 Å². The first-order chi connectivity index (χ1) is 16.0. The number of nitrogens with zero attached hydrogens (tertiary/aromatic N) is 4. The minimum absolute atomic E-state index is 0.0564. The number of carbonyl (C=O) groups is 1. The lowest BCUT2D eigenvalue weighted by Crippen LogP contribution is -2.49. The molecule has 3 aromatic rings. The number of aromatic nitrogens is 3. The molecule has 4 heterocycles. The van der Waals surface area contributed by atoms with Crippen molar-refractivity contribution in [2.24, 2.45) is 5.92 Å². The van der Waals surface area contributed by atoms with Crippen LogP contribution in [0.3, 0.4) is 0 Å². The molecule has 0 N–H and O–H groups in total. The van der Waals surface area contributed by atoms with Gasteiger partial charge in [0.15, 0.2) is 0 Å². The van der Waals surface area contributed by atoms with E-state index in [1.54, 1.807) is 34.1 Å². The first kappa shape index (κ1) is 23.2. The lowest BCUT2D eigenvalue weighted by Gasteiger charge is -2.36. The van der Waals surface area contributed by atoms with Crippen LogP contribution in [-0.2, 0) is 25.9 Å². The maximum Gasteiger partial charge on any atom is 0.392 e. The van der Waals surface area contributed by atoms with Crippen LogP contribution in [-0.4, -0.2) is 37.1 Å². The quantitative estimate of drug-likeness (QED) is 0.510. The first-order valence-electron chi connectivity index (χ1n) is 11.0. The van der Waals surface area contributed by atoms with Crippen molar-refractivity contribution in [1.82, 2.24) is 19.0 Å². The number of fused-ring (bicyclic) bond motifs is 2. The molecule has 0 aromatic carbocycles. The van der Waals surface area contributed by atoms with Crippen molar-refractivity contribution in [3.63, 3.8) is 0 Å². The molecule has 6 nitrogen and oxygen atoms in total. The van der Waals surface area contributed by atoms with E-state index in [0.717, 1.165) is 10.6 Å². The van der Waals surface area contributed by atoms with Gasteiger partial charge in [0.25, 0.3) is 11.5 Å². The fourth-order valence-corrected chi connectivity index (χ4v) is 6.37. The Balaban J connectivity index is 1.46. The van der Waals surface area contributed by atoms with E-state index in [0.29, 0.717) is 27.6 Å². The molecule has 0 bridgehead atoms. The summed E-state index contributed by atoms with van der Waals surface area (Å²) in [6.45, 7) is 4.04. The topological polar surface area (TPSA) is 60.1 Å². The van der Waals surface area contributed by atoms with E-state index in [2.05, 4.69) is 4.98 Å². The highest BCUT2D eigenvalue weighted by atomic mass is 35.5. The first-order valence-corrected chi connectivity index (χ1v) is 12.2. The van der Waals surface area contributed by atoms with E-state index in [4.69, 9.17) is 11.6 Å². The number of alkyl halides is 3. The molecule has 1 amide bonds. The van der Waals surface area contributed by atoms with Crippen LogP contribution < -0.4 is 5.56 Å². The number of thiophene rings is 1. The smallest absolute Gasteiger partial charge is 0.328 e. The summed E-state index contributed by atoms with van der Waals surface area (Å²) in [7, 11) is 0. The normalized spacial score (nSPS) is 20.4. The Labute approximate surface area is 202 Å². The van der Waals surface area contributed by atoms with Gasteiger partial charge in [0, 0.05) is 35.8 Å². The molecule has 11 heteroatoms. The number of imidazole rings is 1. The number of carbonyl (C=O) groups excluding carboxylic acids is 1. The van der Waals surface area contributed by atoms with Crippen LogP contribution >= 0.6 is 22.9 Å². The minimum atomic E-state index is -4.26. The third kappa shape index (κ3) is 3.86. The standard InChI is InChI=1S/C23H22ClF3N4O2S/c1-12-8-29(11-28-12)17-4-5-18-22(33)30(13(2)9-31(18)21(17)32)10-16-15-7-14(23(25,26)27)3-6-19(15)34-20(16)24/h4-5,8,11,13-14H,3,6-7,9-10H2,1-2H3/t13-,14?/m1/s1. The number of aryl methyl sites for hydroxylation is 2. The van der Waals surface area contributed by atoms with Gasteiger partial charge >= 0.3 is 6.18 Å². The molecule has 0 spiro atoms. The third-order valence-corrected chi connectivity index (χ3v) is 8.30. The molecule has 0 saturated heterocycles. The number of pyridine rings is 1. The predicted octanol–water partition coefficient (Wildman–Crippen LogP) is 4.77. The van der Waals surface area contributed by atoms with Crippen molar-refractivity contribution in [2.75, 3.05) is 0 Å². The van der Waals surface area contributed by atoms with Crippen molar-refractivity contribution >= 4 is 28.8 Å². The molecule has 180 valence electrons. The Kier molecular flexibility index (Phi) is 5.63. The molecule has 0 saturated carbocycles. The zero-order chi connectivity index (χ0) is 24.4. The van der Waals surface area contributed by atoms with Gasteiger partial charge in [-0.05, 0) is 50.8 Å². The van der Waals surface area contributed by atoms with Gasteiger partial charge in [0.2, 0.25) is 0 Å². The average molecular weight is 511 g/mol. The summed E-state index contributed by atoms with van der Waals surface area (Å²) in [6, 6.07) is 2.86. The Morgan fingerprint density at radius 1 is 1.26 bits per heavy atom. The highest BCUT2D eigenvalue weighted by Crippen LogP contribution is 2.44. The Hall–Kier alpha value is -2.59. The van der Waals surface area contributed by atoms with E-state index in [-0.39, 0.29) is 49.1 Å². The molecule has 2 atom stereocenters.